The predicted molar refractivity (Wildman–Crippen MR) is 96.3 cm³/mol. The highest BCUT2D eigenvalue weighted by molar-refractivity contribution is 5.47. The van der Waals surface area contributed by atoms with Crippen molar-refractivity contribution in [3.63, 3.8) is 0 Å². The number of nitrogens with one attached hydrogen (secondary N) is 1. The van der Waals surface area contributed by atoms with Gasteiger partial charge in [0.05, 0.1) is 5.69 Å². The fourth-order valence-electron chi connectivity index (χ4n) is 3.44. The topological polar surface area (TPSA) is 59.5 Å². The van der Waals surface area contributed by atoms with E-state index in [4.69, 9.17) is 9.47 Å². The Hall–Kier alpha value is -2.34. The number of anilines is 1. The predicted octanol–water partition coefficient (Wildman–Crippen LogP) is 2.31. The number of piperidine rings is 1. The maximum absolute atomic E-state index is 5.80. The van der Waals surface area contributed by atoms with Crippen LogP contribution in [0.25, 0.3) is 0 Å². The number of para-hydroxylation sites is 1. The number of benzene rings is 1. The minimum absolute atomic E-state index is 0.428. The molecular formula is C19H24N4O2. The maximum atomic E-state index is 5.80. The zero-order valence-corrected chi connectivity index (χ0v) is 14.6. The molecule has 2 aromatic rings. The third-order valence-corrected chi connectivity index (χ3v) is 4.76. The Morgan fingerprint density at radius 1 is 1.16 bits per heavy atom. The van der Waals surface area contributed by atoms with E-state index in [0.29, 0.717) is 19.3 Å². The first-order valence-corrected chi connectivity index (χ1v) is 8.96. The molecule has 2 aliphatic rings. The van der Waals surface area contributed by atoms with Crippen LogP contribution in [-0.2, 0) is 6.54 Å². The Kier molecular flexibility index (Phi) is 4.70. The summed E-state index contributed by atoms with van der Waals surface area (Å²) in [4.78, 5) is 2.31. The van der Waals surface area contributed by atoms with Crippen molar-refractivity contribution in [2.24, 2.45) is 0 Å². The molecule has 6 heteroatoms. The third-order valence-electron chi connectivity index (χ3n) is 4.76. The molecule has 1 fully saturated rings. The molecule has 2 aliphatic heterocycles. The molecule has 132 valence electrons. The summed E-state index contributed by atoms with van der Waals surface area (Å²) in [5.74, 6) is 2.70. The number of ether oxygens (including phenoxy) is 2. The van der Waals surface area contributed by atoms with E-state index in [1.165, 1.54) is 6.42 Å². The molecule has 0 radical (unpaired) electrons. The van der Waals surface area contributed by atoms with Gasteiger partial charge in [0.15, 0.2) is 17.3 Å². The molecule has 0 saturated carbocycles. The van der Waals surface area contributed by atoms with E-state index in [2.05, 4.69) is 32.5 Å². The van der Waals surface area contributed by atoms with Gasteiger partial charge >= 0.3 is 0 Å². The Balaban J connectivity index is 1.39. The summed E-state index contributed by atoms with van der Waals surface area (Å²) >= 11 is 0. The molecule has 1 saturated heterocycles. The quantitative estimate of drug-likeness (QED) is 0.922. The van der Waals surface area contributed by atoms with Crippen molar-refractivity contribution in [2.75, 3.05) is 31.2 Å². The molecule has 1 atom stereocenters. The standard InChI is InChI=1S/C19H24N4O2/c1-14-7-8-18(22-21-14)23-9-3-5-16(13-23)20-12-15-4-2-6-17-19(15)25-11-10-24-17/h2,4,6-8,16,20H,3,5,9-13H2,1H3/t16-/m1/s1. The van der Waals surface area contributed by atoms with Crippen LogP contribution < -0.4 is 19.7 Å². The Bertz CT molecular complexity index is 720. The Morgan fingerprint density at radius 3 is 2.96 bits per heavy atom. The molecule has 25 heavy (non-hydrogen) atoms. The second-order valence-electron chi connectivity index (χ2n) is 6.64. The molecule has 1 N–H and O–H groups in total. The summed E-state index contributed by atoms with van der Waals surface area (Å²) in [6.07, 6.45) is 2.32. The smallest absolute Gasteiger partial charge is 0.165 e. The van der Waals surface area contributed by atoms with Crippen LogP contribution in [0, 0.1) is 6.92 Å². The van der Waals surface area contributed by atoms with Crippen molar-refractivity contribution in [3.8, 4) is 11.5 Å². The van der Waals surface area contributed by atoms with Crippen molar-refractivity contribution in [3.05, 3.63) is 41.6 Å². The van der Waals surface area contributed by atoms with E-state index in [1.807, 2.05) is 25.1 Å². The second kappa shape index (κ2) is 7.27. The molecule has 0 bridgehead atoms. The first kappa shape index (κ1) is 16.1. The van der Waals surface area contributed by atoms with Gasteiger partial charge in [-0.05, 0) is 38.0 Å². The zero-order chi connectivity index (χ0) is 17.1. The van der Waals surface area contributed by atoms with Gasteiger partial charge in [0.1, 0.15) is 13.2 Å². The van der Waals surface area contributed by atoms with Gasteiger partial charge in [-0.15, -0.1) is 5.10 Å². The molecule has 3 heterocycles. The minimum Gasteiger partial charge on any atom is -0.486 e. The van der Waals surface area contributed by atoms with Crippen molar-refractivity contribution >= 4 is 5.82 Å². The molecule has 0 aliphatic carbocycles. The van der Waals surface area contributed by atoms with Crippen LogP contribution in [0.1, 0.15) is 24.1 Å². The van der Waals surface area contributed by atoms with Gasteiger partial charge in [-0.2, -0.15) is 5.10 Å². The molecular weight excluding hydrogens is 316 g/mol. The van der Waals surface area contributed by atoms with Crippen molar-refractivity contribution in [2.45, 2.75) is 32.4 Å². The van der Waals surface area contributed by atoms with Gasteiger partial charge in [-0.3, -0.25) is 0 Å². The minimum atomic E-state index is 0.428. The Labute approximate surface area is 148 Å². The summed E-state index contributed by atoms with van der Waals surface area (Å²) in [6, 6.07) is 10.6. The van der Waals surface area contributed by atoms with E-state index in [1.54, 1.807) is 0 Å². The summed E-state index contributed by atoms with van der Waals surface area (Å²) in [5.41, 5.74) is 2.11. The van der Waals surface area contributed by atoms with Crippen LogP contribution in [0.15, 0.2) is 30.3 Å². The maximum Gasteiger partial charge on any atom is 0.165 e. The lowest BCUT2D eigenvalue weighted by atomic mass is 10.0. The lowest BCUT2D eigenvalue weighted by molar-refractivity contribution is 0.169. The van der Waals surface area contributed by atoms with Crippen LogP contribution >= 0.6 is 0 Å². The molecule has 4 rings (SSSR count). The van der Waals surface area contributed by atoms with Crippen molar-refractivity contribution < 1.29 is 9.47 Å². The average Bonchev–Trinajstić information content (AvgIpc) is 2.67. The summed E-state index contributed by atoms with van der Waals surface area (Å²) in [5, 5.41) is 12.2. The first-order chi connectivity index (χ1) is 12.3. The summed E-state index contributed by atoms with van der Waals surface area (Å²) < 4.78 is 11.5. The lowest BCUT2D eigenvalue weighted by Crippen LogP contribution is -2.45. The number of hydrogen-bond donors (Lipinski definition) is 1. The monoisotopic (exact) mass is 340 g/mol. The van der Waals surface area contributed by atoms with E-state index in [9.17, 15) is 0 Å². The fourth-order valence-corrected chi connectivity index (χ4v) is 3.44. The van der Waals surface area contributed by atoms with Crippen LogP contribution in [0.3, 0.4) is 0 Å². The van der Waals surface area contributed by atoms with Crippen LogP contribution in [0.5, 0.6) is 11.5 Å². The van der Waals surface area contributed by atoms with Gasteiger partial charge in [-0.25, -0.2) is 0 Å². The molecule has 0 amide bonds. The van der Waals surface area contributed by atoms with E-state index >= 15 is 0 Å². The number of aryl methyl sites for hydroxylation is 1. The van der Waals surface area contributed by atoms with E-state index < -0.39 is 0 Å². The summed E-state index contributed by atoms with van der Waals surface area (Å²) in [6.45, 7) is 5.97. The molecule has 0 unspecified atom stereocenters. The number of aromatic nitrogens is 2. The highest BCUT2D eigenvalue weighted by Crippen LogP contribution is 2.33. The molecule has 6 nitrogen and oxygen atoms in total. The fraction of sp³-hybridized carbons (Fsp3) is 0.474. The van der Waals surface area contributed by atoms with Gasteiger partial charge < -0.3 is 19.7 Å². The zero-order valence-electron chi connectivity index (χ0n) is 14.6. The molecule has 1 aromatic carbocycles. The number of fused-ring (bicyclic) bond motifs is 1. The van der Waals surface area contributed by atoms with E-state index in [-0.39, 0.29) is 0 Å². The van der Waals surface area contributed by atoms with Gasteiger partial charge in [0.25, 0.3) is 0 Å². The van der Waals surface area contributed by atoms with E-state index in [0.717, 1.165) is 54.6 Å². The van der Waals surface area contributed by atoms with Crippen molar-refractivity contribution in [1.82, 2.24) is 15.5 Å². The van der Waals surface area contributed by atoms with Crippen molar-refractivity contribution in [1.29, 1.82) is 0 Å². The largest absolute Gasteiger partial charge is 0.486 e. The first-order valence-electron chi connectivity index (χ1n) is 8.96. The third kappa shape index (κ3) is 3.69. The highest BCUT2D eigenvalue weighted by Gasteiger charge is 2.22. The normalized spacial score (nSPS) is 19.7. The van der Waals surface area contributed by atoms with Gasteiger partial charge in [-0.1, -0.05) is 12.1 Å². The lowest BCUT2D eigenvalue weighted by Gasteiger charge is -2.34. The number of rotatable bonds is 4. The summed E-state index contributed by atoms with van der Waals surface area (Å²) in [7, 11) is 0. The van der Waals surface area contributed by atoms with Crippen LogP contribution in [0.2, 0.25) is 0 Å². The number of hydrogen-bond acceptors (Lipinski definition) is 6. The van der Waals surface area contributed by atoms with Gasteiger partial charge in [0, 0.05) is 31.2 Å². The molecule has 1 aromatic heterocycles. The average molecular weight is 340 g/mol. The van der Waals surface area contributed by atoms with Crippen LogP contribution in [0.4, 0.5) is 5.82 Å². The second-order valence-corrected chi connectivity index (χ2v) is 6.64. The number of nitrogens with zero attached hydrogens (tertiary/aromatic N) is 3. The SMILES string of the molecule is Cc1ccc(N2CCC[C@@H](NCc3cccc4c3OCCO4)C2)nn1. The van der Waals surface area contributed by atoms with Gasteiger partial charge in [0.2, 0.25) is 0 Å². The van der Waals surface area contributed by atoms with Crippen LogP contribution in [-0.4, -0.2) is 42.5 Å². The Morgan fingerprint density at radius 2 is 2.08 bits per heavy atom. The molecule has 0 spiro atoms. The highest BCUT2D eigenvalue weighted by atomic mass is 16.6.